The lowest BCUT2D eigenvalue weighted by Gasteiger charge is -2.08. The van der Waals surface area contributed by atoms with Crippen LogP contribution in [0.25, 0.3) is 5.69 Å². The molecule has 5 heteroatoms. The maximum Gasteiger partial charge on any atom is 0.0819 e. The number of hydrogen-bond acceptors (Lipinski definition) is 2. The van der Waals surface area contributed by atoms with Crippen LogP contribution < -0.4 is 5.32 Å². The van der Waals surface area contributed by atoms with Crippen LogP contribution in [0, 0.1) is 0 Å². The van der Waals surface area contributed by atoms with Crippen molar-refractivity contribution in [1.29, 1.82) is 0 Å². The van der Waals surface area contributed by atoms with Crippen molar-refractivity contribution in [3.63, 3.8) is 0 Å². The summed E-state index contributed by atoms with van der Waals surface area (Å²) >= 11 is 9.55. The topological polar surface area (TPSA) is 29.9 Å². The second-order valence-corrected chi connectivity index (χ2v) is 5.74. The van der Waals surface area contributed by atoms with Gasteiger partial charge >= 0.3 is 0 Å². The average Bonchev–Trinajstić information content (AvgIpc) is 2.99. The molecule has 2 aromatic carbocycles. The number of halogens is 2. The molecule has 0 aliphatic heterocycles. The summed E-state index contributed by atoms with van der Waals surface area (Å²) in [7, 11) is 0. The number of anilines is 1. The van der Waals surface area contributed by atoms with Gasteiger partial charge in [-0.1, -0.05) is 35.9 Å². The van der Waals surface area contributed by atoms with Crippen LogP contribution in [-0.4, -0.2) is 9.78 Å². The Bertz CT molecular complexity index is 740. The van der Waals surface area contributed by atoms with Crippen molar-refractivity contribution in [3.05, 3.63) is 76.0 Å². The molecular formula is C16H13BrClN3. The van der Waals surface area contributed by atoms with E-state index < -0.39 is 0 Å². The average molecular weight is 363 g/mol. The first kappa shape index (κ1) is 14.2. The summed E-state index contributed by atoms with van der Waals surface area (Å²) in [5, 5.41) is 8.57. The van der Waals surface area contributed by atoms with Gasteiger partial charge in [0.15, 0.2) is 0 Å². The fraction of sp³-hybridized carbons (Fsp3) is 0.0625. The molecule has 0 unspecified atom stereocenters. The minimum absolute atomic E-state index is 0.638. The van der Waals surface area contributed by atoms with Crippen molar-refractivity contribution >= 4 is 33.2 Å². The van der Waals surface area contributed by atoms with Crippen LogP contribution in [0.2, 0.25) is 5.02 Å². The Morgan fingerprint density at radius 3 is 2.67 bits per heavy atom. The lowest BCUT2D eigenvalue weighted by Crippen LogP contribution is -2.02. The van der Waals surface area contributed by atoms with Crippen molar-refractivity contribution in [1.82, 2.24) is 9.78 Å². The minimum Gasteiger partial charge on any atom is -0.378 e. The Balaban J connectivity index is 1.72. The quantitative estimate of drug-likeness (QED) is 0.715. The van der Waals surface area contributed by atoms with Gasteiger partial charge in [0.05, 0.1) is 33.1 Å². The summed E-state index contributed by atoms with van der Waals surface area (Å²) in [6.45, 7) is 0.638. The van der Waals surface area contributed by atoms with Gasteiger partial charge in [0.25, 0.3) is 0 Å². The molecule has 0 spiro atoms. The van der Waals surface area contributed by atoms with Gasteiger partial charge in [-0.15, -0.1) is 0 Å². The summed E-state index contributed by atoms with van der Waals surface area (Å²) < 4.78 is 2.73. The van der Waals surface area contributed by atoms with Crippen molar-refractivity contribution in [3.8, 4) is 5.69 Å². The Labute approximate surface area is 136 Å². The molecule has 0 amide bonds. The fourth-order valence-electron chi connectivity index (χ4n) is 2.01. The van der Waals surface area contributed by atoms with E-state index in [1.54, 1.807) is 0 Å². The number of rotatable bonds is 4. The minimum atomic E-state index is 0.638. The summed E-state index contributed by atoms with van der Waals surface area (Å²) in [6, 6.07) is 17.8. The van der Waals surface area contributed by atoms with E-state index in [2.05, 4.69) is 26.3 Å². The lowest BCUT2D eigenvalue weighted by atomic mass is 10.3. The molecule has 0 aliphatic carbocycles. The van der Waals surface area contributed by atoms with E-state index in [9.17, 15) is 0 Å². The van der Waals surface area contributed by atoms with Gasteiger partial charge in [0, 0.05) is 6.20 Å². The zero-order valence-electron chi connectivity index (χ0n) is 11.1. The first-order valence-electron chi connectivity index (χ1n) is 6.52. The first-order valence-corrected chi connectivity index (χ1v) is 7.69. The number of hydrogen-bond donors (Lipinski definition) is 1. The summed E-state index contributed by atoms with van der Waals surface area (Å²) in [4.78, 5) is 0. The van der Waals surface area contributed by atoms with E-state index in [0.717, 1.165) is 21.5 Å². The molecule has 3 nitrogen and oxygen atoms in total. The molecule has 0 saturated carbocycles. The second-order valence-electron chi connectivity index (χ2n) is 4.54. The molecular weight excluding hydrogens is 350 g/mol. The molecule has 0 aliphatic rings. The molecule has 3 rings (SSSR count). The largest absolute Gasteiger partial charge is 0.378 e. The smallest absolute Gasteiger partial charge is 0.0819 e. The molecule has 3 aromatic rings. The number of benzene rings is 2. The second kappa shape index (κ2) is 6.33. The molecule has 21 heavy (non-hydrogen) atoms. The third-order valence-corrected chi connectivity index (χ3v) is 4.47. The molecule has 0 atom stereocenters. The van der Waals surface area contributed by atoms with Gasteiger partial charge in [-0.05, 0) is 46.3 Å². The number of nitrogens with one attached hydrogen (secondary N) is 1. The molecule has 1 N–H and O–H groups in total. The van der Waals surface area contributed by atoms with Gasteiger partial charge in [-0.3, -0.25) is 0 Å². The molecule has 0 radical (unpaired) electrons. The highest BCUT2D eigenvalue weighted by Crippen LogP contribution is 2.30. The van der Waals surface area contributed by atoms with Crippen LogP contribution in [0.3, 0.4) is 0 Å². The fourth-order valence-corrected chi connectivity index (χ4v) is 2.59. The molecule has 1 aromatic heterocycles. The zero-order valence-corrected chi connectivity index (χ0v) is 13.5. The normalized spacial score (nSPS) is 10.6. The van der Waals surface area contributed by atoms with E-state index in [1.807, 2.05) is 65.5 Å². The van der Waals surface area contributed by atoms with E-state index >= 15 is 0 Å². The van der Waals surface area contributed by atoms with Gasteiger partial charge in [-0.2, -0.15) is 5.10 Å². The number of aromatic nitrogens is 2. The van der Waals surface area contributed by atoms with Gasteiger partial charge in [0.1, 0.15) is 0 Å². The van der Waals surface area contributed by atoms with E-state index in [1.165, 1.54) is 0 Å². The molecule has 0 bridgehead atoms. The monoisotopic (exact) mass is 361 g/mol. The van der Waals surface area contributed by atoms with Gasteiger partial charge in [0.2, 0.25) is 0 Å². The predicted octanol–water partition coefficient (Wildman–Crippen LogP) is 4.90. The van der Waals surface area contributed by atoms with E-state index in [4.69, 9.17) is 11.6 Å². The molecule has 1 heterocycles. The van der Waals surface area contributed by atoms with E-state index in [-0.39, 0.29) is 0 Å². The van der Waals surface area contributed by atoms with E-state index in [0.29, 0.717) is 11.6 Å². The number of nitrogens with zero attached hydrogens (tertiary/aromatic N) is 2. The summed E-state index contributed by atoms with van der Waals surface area (Å²) in [5.74, 6) is 0. The van der Waals surface area contributed by atoms with Crippen molar-refractivity contribution in [2.75, 3.05) is 5.32 Å². The number of para-hydroxylation sites is 1. The van der Waals surface area contributed by atoms with Crippen molar-refractivity contribution in [2.45, 2.75) is 6.54 Å². The van der Waals surface area contributed by atoms with Crippen LogP contribution in [0.5, 0.6) is 0 Å². The highest BCUT2D eigenvalue weighted by atomic mass is 79.9. The maximum absolute atomic E-state index is 6.07. The van der Waals surface area contributed by atoms with Crippen LogP contribution in [-0.2, 0) is 6.54 Å². The summed E-state index contributed by atoms with van der Waals surface area (Å²) in [5.41, 5.74) is 2.97. The summed E-state index contributed by atoms with van der Waals surface area (Å²) in [6.07, 6.45) is 1.96. The Morgan fingerprint density at radius 2 is 1.86 bits per heavy atom. The highest BCUT2D eigenvalue weighted by molar-refractivity contribution is 9.10. The lowest BCUT2D eigenvalue weighted by molar-refractivity contribution is 0.844. The third kappa shape index (κ3) is 3.28. The van der Waals surface area contributed by atoms with Crippen LogP contribution >= 0.6 is 27.5 Å². The first-order chi connectivity index (χ1) is 10.2. The predicted molar refractivity (Wildman–Crippen MR) is 90.0 cm³/mol. The van der Waals surface area contributed by atoms with Gasteiger partial charge < -0.3 is 5.32 Å². The van der Waals surface area contributed by atoms with Crippen LogP contribution in [0.4, 0.5) is 5.69 Å². The van der Waals surface area contributed by atoms with Crippen molar-refractivity contribution < 1.29 is 0 Å². The van der Waals surface area contributed by atoms with Crippen molar-refractivity contribution in [2.24, 2.45) is 0 Å². The third-order valence-electron chi connectivity index (χ3n) is 3.08. The van der Waals surface area contributed by atoms with Crippen LogP contribution in [0.15, 0.2) is 65.3 Å². The highest BCUT2D eigenvalue weighted by Gasteiger charge is 2.05. The van der Waals surface area contributed by atoms with Crippen LogP contribution in [0.1, 0.15) is 5.69 Å². The Kier molecular flexibility index (Phi) is 4.27. The molecule has 106 valence electrons. The van der Waals surface area contributed by atoms with Gasteiger partial charge in [-0.25, -0.2) is 4.68 Å². The molecule has 0 saturated heterocycles. The maximum atomic E-state index is 6.07. The SMILES string of the molecule is Clc1cccc(NCc2ccn(-c3ccccc3)n2)c1Br. The molecule has 0 fully saturated rings. The Morgan fingerprint density at radius 1 is 1.05 bits per heavy atom. The Hall–Kier alpha value is -1.78. The standard InChI is InChI=1S/C16H13BrClN3/c17-16-14(18)7-4-8-15(16)19-11-12-9-10-21(20-12)13-5-2-1-3-6-13/h1-10,19H,11H2. The zero-order chi connectivity index (χ0) is 14.7.